The molecule has 0 unspecified atom stereocenters. The van der Waals surface area contributed by atoms with Gasteiger partial charge in [0, 0.05) is 22.4 Å². The summed E-state index contributed by atoms with van der Waals surface area (Å²) in [7, 11) is 0. The van der Waals surface area contributed by atoms with Gasteiger partial charge in [-0.2, -0.15) is 5.26 Å². The maximum Gasteiger partial charge on any atom is 0.221 e. The highest BCUT2D eigenvalue weighted by molar-refractivity contribution is 7.99. The van der Waals surface area contributed by atoms with Gasteiger partial charge >= 0.3 is 0 Å². The predicted molar refractivity (Wildman–Crippen MR) is 80.4 cm³/mol. The fourth-order valence-electron chi connectivity index (χ4n) is 1.67. The molecule has 0 saturated carbocycles. The SMILES string of the molecule is CC(=O)Nc1ccc(Sc2cccc(C#N)c2N)cc1. The zero-order valence-corrected chi connectivity index (χ0v) is 11.7. The zero-order chi connectivity index (χ0) is 14.5. The molecule has 0 aliphatic heterocycles. The Morgan fingerprint density at radius 1 is 1.25 bits per heavy atom. The number of nitriles is 1. The lowest BCUT2D eigenvalue weighted by molar-refractivity contribution is -0.114. The normalized spacial score (nSPS) is 9.80. The first-order valence-electron chi connectivity index (χ1n) is 5.94. The van der Waals surface area contributed by atoms with E-state index in [1.54, 1.807) is 6.07 Å². The number of benzene rings is 2. The molecule has 0 radical (unpaired) electrons. The number of carbonyl (C=O) groups excluding carboxylic acids is 1. The number of hydrogen-bond acceptors (Lipinski definition) is 4. The lowest BCUT2D eigenvalue weighted by Gasteiger charge is -2.07. The minimum atomic E-state index is -0.101. The van der Waals surface area contributed by atoms with E-state index in [-0.39, 0.29) is 5.91 Å². The molecule has 0 saturated heterocycles. The second-order valence-corrected chi connectivity index (χ2v) is 5.25. The van der Waals surface area contributed by atoms with E-state index in [1.807, 2.05) is 36.4 Å². The summed E-state index contributed by atoms with van der Waals surface area (Å²) < 4.78 is 0. The molecule has 0 heterocycles. The fraction of sp³-hybridized carbons (Fsp3) is 0.0667. The number of para-hydroxylation sites is 1. The first kappa shape index (κ1) is 14.0. The third-order valence-corrected chi connectivity index (χ3v) is 3.67. The monoisotopic (exact) mass is 283 g/mol. The second-order valence-electron chi connectivity index (χ2n) is 4.14. The molecule has 1 amide bonds. The van der Waals surface area contributed by atoms with Crippen LogP contribution in [0.15, 0.2) is 52.3 Å². The first-order valence-corrected chi connectivity index (χ1v) is 6.76. The van der Waals surface area contributed by atoms with Crippen LogP contribution in [0.1, 0.15) is 12.5 Å². The van der Waals surface area contributed by atoms with Crippen LogP contribution in [-0.4, -0.2) is 5.91 Å². The largest absolute Gasteiger partial charge is 0.397 e. The molecule has 5 heteroatoms. The third kappa shape index (κ3) is 3.31. The summed E-state index contributed by atoms with van der Waals surface area (Å²) in [5.41, 5.74) is 7.66. The fourth-order valence-corrected chi connectivity index (χ4v) is 2.56. The van der Waals surface area contributed by atoms with Crippen molar-refractivity contribution in [2.75, 3.05) is 11.1 Å². The van der Waals surface area contributed by atoms with Gasteiger partial charge in [-0.25, -0.2) is 0 Å². The highest BCUT2D eigenvalue weighted by Crippen LogP contribution is 2.33. The Kier molecular flexibility index (Phi) is 4.28. The number of anilines is 2. The average Bonchev–Trinajstić information content (AvgIpc) is 2.43. The van der Waals surface area contributed by atoms with Crippen molar-refractivity contribution in [2.45, 2.75) is 16.7 Å². The molecule has 2 aromatic rings. The molecule has 0 atom stereocenters. The van der Waals surface area contributed by atoms with Crippen molar-refractivity contribution in [3.05, 3.63) is 48.0 Å². The van der Waals surface area contributed by atoms with Crippen molar-refractivity contribution >= 4 is 29.0 Å². The van der Waals surface area contributed by atoms with E-state index in [0.717, 1.165) is 15.5 Å². The number of rotatable bonds is 3. The number of nitrogens with two attached hydrogens (primary N) is 1. The van der Waals surface area contributed by atoms with Crippen LogP contribution in [0, 0.1) is 11.3 Å². The van der Waals surface area contributed by atoms with Crippen LogP contribution in [0.25, 0.3) is 0 Å². The van der Waals surface area contributed by atoms with E-state index in [1.165, 1.54) is 18.7 Å². The molecule has 0 bridgehead atoms. The second kappa shape index (κ2) is 6.13. The molecule has 100 valence electrons. The van der Waals surface area contributed by atoms with Crippen molar-refractivity contribution in [1.29, 1.82) is 5.26 Å². The molecular formula is C15H13N3OS. The standard InChI is InChI=1S/C15H13N3OS/c1-10(19)18-12-5-7-13(8-6-12)20-14-4-2-3-11(9-16)15(14)17/h2-8H,17H2,1H3,(H,18,19). The van der Waals surface area contributed by atoms with E-state index < -0.39 is 0 Å². The van der Waals surface area contributed by atoms with Gasteiger partial charge in [0.1, 0.15) is 6.07 Å². The van der Waals surface area contributed by atoms with Crippen molar-refractivity contribution in [1.82, 2.24) is 0 Å². The van der Waals surface area contributed by atoms with E-state index in [4.69, 9.17) is 11.0 Å². The zero-order valence-electron chi connectivity index (χ0n) is 10.9. The summed E-state index contributed by atoms with van der Waals surface area (Å²) in [5, 5.41) is 11.7. The number of nitrogens with zero attached hydrogens (tertiary/aromatic N) is 1. The maximum atomic E-state index is 10.9. The summed E-state index contributed by atoms with van der Waals surface area (Å²) in [6.45, 7) is 1.47. The predicted octanol–water partition coefficient (Wildman–Crippen LogP) is 3.25. The summed E-state index contributed by atoms with van der Waals surface area (Å²) >= 11 is 1.48. The summed E-state index contributed by atoms with van der Waals surface area (Å²) in [5.74, 6) is -0.101. The van der Waals surface area contributed by atoms with Gasteiger partial charge in [0.25, 0.3) is 0 Å². The van der Waals surface area contributed by atoms with Gasteiger partial charge in [-0.15, -0.1) is 0 Å². The molecular weight excluding hydrogens is 270 g/mol. The van der Waals surface area contributed by atoms with Crippen LogP contribution in [0.5, 0.6) is 0 Å². The Bertz CT molecular complexity index is 675. The summed E-state index contributed by atoms with van der Waals surface area (Å²) in [6.07, 6.45) is 0. The summed E-state index contributed by atoms with van der Waals surface area (Å²) in [6, 6.07) is 14.9. The highest BCUT2D eigenvalue weighted by atomic mass is 32.2. The van der Waals surface area contributed by atoms with Gasteiger partial charge in [-0.05, 0) is 36.4 Å². The van der Waals surface area contributed by atoms with Gasteiger partial charge in [-0.1, -0.05) is 17.8 Å². The van der Waals surface area contributed by atoms with Crippen molar-refractivity contribution in [3.8, 4) is 6.07 Å². The Morgan fingerprint density at radius 2 is 1.95 bits per heavy atom. The van der Waals surface area contributed by atoms with Crippen LogP contribution >= 0.6 is 11.8 Å². The lowest BCUT2D eigenvalue weighted by atomic mass is 10.2. The van der Waals surface area contributed by atoms with Gasteiger partial charge < -0.3 is 11.1 Å². The van der Waals surface area contributed by atoms with Crippen molar-refractivity contribution < 1.29 is 4.79 Å². The lowest BCUT2D eigenvalue weighted by Crippen LogP contribution is -2.05. The summed E-state index contributed by atoms with van der Waals surface area (Å²) in [4.78, 5) is 12.8. The van der Waals surface area contributed by atoms with E-state index >= 15 is 0 Å². The number of hydrogen-bond donors (Lipinski definition) is 2. The molecule has 0 aromatic heterocycles. The van der Waals surface area contributed by atoms with Crippen LogP contribution in [0.2, 0.25) is 0 Å². The van der Waals surface area contributed by atoms with Crippen LogP contribution in [0.3, 0.4) is 0 Å². The van der Waals surface area contributed by atoms with Crippen molar-refractivity contribution in [2.24, 2.45) is 0 Å². The third-order valence-electron chi connectivity index (χ3n) is 2.59. The first-order chi connectivity index (χ1) is 9.60. The molecule has 0 aliphatic rings. The minimum absolute atomic E-state index is 0.101. The average molecular weight is 283 g/mol. The molecule has 2 aromatic carbocycles. The maximum absolute atomic E-state index is 10.9. The smallest absolute Gasteiger partial charge is 0.221 e. The van der Waals surface area contributed by atoms with E-state index in [2.05, 4.69) is 11.4 Å². The molecule has 0 fully saturated rings. The Balaban J connectivity index is 2.19. The van der Waals surface area contributed by atoms with Gasteiger partial charge in [0.05, 0.1) is 11.3 Å². The van der Waals surface area contributed by atoms with Crippen molar-refractivity contribution in [3.63, 3.8) is 0 Å². The molecule has 0 spiro atoms. The molecule has 4 nitrogen and oxygen atoms in total. The number of nitrogen functional groups attached to an aromatic ring is 1. The molecule has 3 N–H and O–H groups in total. The minimum Gasteiger partial charge on any atom is -0.397 e. The topological polar surface area (TPSA) is 78.9 Å². The van der Waals surface area contributed by atoms with E-state index in [0.29, 0.717) is 11.3 Å². The molecule has 0 aliphatic carbocycles. The quantitative estimate of drug-likeness (QED) is 0.847. The Morgan fingerprint density at radius 3 is 2.55 bits per heavy atom. The number of amides is 1. The Labute approximate surface area is 121 Å². The number of nitrogens with one attached hydrogen (secondary N) is 1. The Hall–Kier alpha value is -2.45. The molecule has 20 heavy (non-hydrogen) atoms. The van der Waals surface area contributed by atoms with Gasteiger partial charge in [-0.3, -0.25) is 4.79 Å². The van der Waals surface area contributed by atoms with Crippen LogP contribution in [0.4, 0.5) is 11.4 Å². The van der Waals surface area contributed by atoms with Gasteiger partial charge in [0.2, 0.25) is 5.91 Å². The number of carbonyl (C=O) groups is 1. The highest BCUT2D eigenvalue weighted by Gasteiger charge is 2.06. The van der Waals surface area contributed by atoms with Crippen LogP contribution in [-0.2, 0) is 4.79 Å². The van der Waals surface area contributed by atoms with Crippen LogP contribution < -0.4 is 11.1 Å². The van der Waals surface area contributed by atoms with Gasteiger partial charge in [0.15, 0.2) is 0 Å². The molecule has 2 rings (SSSR count). The van der Waals surface area contributed by atoms with E-state index in [9.17, 15) is 4.79 Å².